The third kappa shape index (κ3) is 4.08. The highest BCUT2D eigenvalue weighted by Crippen LogP contribution is 2.42. The van der Waals surface area contributed by atoms with Crippen molar-refractivity contribution in [2.45, 2.75) is 19.3 Å². The summed E-state index contributed by atoms with van der Waals surface area (Å²) in [7, 11) is 3.93. The number of hydrogen-bond donors (Lipinski definition) is 1. The van der Waals surface area contributed by atoms with Crippen molar-refractivity contribution in [1.82, 2.24) is 5.32 Å². The Hall–Kier alpha value is -2.75. The lowest BCUT2D eigenvalue weighted by Crippen LogP contribution is -2.14. The van der Waals surface area contributed by atoms with Crippen LogP contribution in [0.1, 0.15) is 33.6 Å². The molecule has 1 N–H and O–H groups in total. The summed E-state index contributed by atoms with van der Waals surface area (Å²) in [6, 6.07) is 15.0. The van der Waals surface area contributed by atoms with Crippen LogP contribution in [0.3, 0.4) is 0 Å². The van der Waals surface area contributed by atoms with E-state index < -0.39 is 0 Å². The highest BCUT2D eigenvalue weighted by molar-refractivity contribution is 7.16. The van der Waals surface area contributed by atoms with E-state index in [0.717, 1.165) is 47.5 Å². The van der Waals surface area contributed by atoms with Crippen LogP contribution in [-0.2, 0) is 12.8 Å². The quantitative estimate of drug-likeness (QED) is 0.421. The predicted molar refractivity (Wildman–Crippen MR) is 139 cm³/mol. The molecule has 0 bridgehead atoms. The molecule has 0 aliphatic heterocycles. The molecule has 31 heavy (non-hydrogen) atoms. The molecule has 0 saturated heterocycles. The Bertz CT molecular complexity index is 1190. The van der Waals surface area contributed by atoms with E-state index in [9.17, 15) is 0 Å². The van der Waals surface area contributed by atoms with Crippen molar-refractivity contribution in [3.05, 3.63) is 94.4 Å². The molecule has 1 aliphatic carbocycles. The van der Waals surface area contributed by atoms with Gasteiger partial charge >= 0.3 is 0 Å². The van der Waals surface area contributed by atoms with Crippen molar-refractivity contribution in [3.63, 3.8) is 0 Å². The smallest absolute Gasteiger partial charge is 0.0648 e. The molecule has 0 unspecified atom stereocenters. The monoisotopic (exact) mass is 446 g/mol. The van der Waals surface area contributed by atoms with Crippen LogP contribution in [0, 0.1) is 0 Å². The van der Waals surface area contributed by atoms with Gasteiger partial charge in [-0.3, -0.25) is 0 Å². The fourth-order valence-electron chi connectivity index (χ4n) is 4.04. The molecule has 0 atom stereocenters. The Morgan fingerprint density at radius 1 is 1.10 bits per heavy atom. The third-order valence-corrected chi connectivity index (χ3v) is 7.52. The summed E-state index contributed by atoms with van der Waals surface area (Å²) in [6.45, 7) is 12.3. The molecule has 3 aromatic rings. The van der Waals surface area contributed by atoms with E-state index in [2.05, 4.69) is 54.2 Å². The van der Waals surface area contributed by atoms with Gasteiger partial charge in [-0.25, -0.2) is 0 Å². The van der Waals surface area contributed by atoms with Gasteiger partial charge in [-0.2, -0.15) is 0 Å². The number of halogens is 1. The summed E-state index contributed by atoms with van der Waals surface area (Å²) in [5, 5.41) is 3.85. The van der Waals surface area contributed by atoms with Crippen LogP contribution in [0.15, 0.2) is 62.2 Å². The number of rotatable bonds is 6. The first-order chi connectivity index (χ1) is 14.9. The lowest BCUT2D eigenvalue weighted by Gasteiger charge is -2.22. The Morgan fingerprint density at radius 3 is 2.58 bits per heavy atom. The average Bonchev–Trinajstić information content (AvgIpc) is 3.13. The van der Waals surface area contributed by atoms with Gasteiger partial charge in [0.05, 0.1) is 21.3 Å². The van der Waals surface area contributed by atoms with E-state index in [-0.39, 0.29) is 0 Å². The van der Waals surface area contributed by atoms with Gasteiger partial charge < -0.3 is 10.2 Å². The number of hydrogen-bond acceptors (Lipinski definition) is 3. The first-order valence-corrected chi connectivity index (χ1v) is 11.6. The molecule has 0 spiro atoms. The lowest BCUT2D eigenvalue weighted by atomic mass is 9.99. The summed E-state index contributed by atoms with van der Waals surface area (Å²) in [6.07, 6.45) is 5.11. The molecule has 4 rings (SSSR count). The van der Waals surface area contributed by atoms with Gasteiger partial charge in [0, 0.05) is 24.7 Å². The molecule has 2 nitrogen and oxygen atoms in total. The Morgan fingerprint density at radius 2 is 1.87 bits per heavy atom. The maximum absolute atomic E-state index is 6.54. The summed E-state index contributed by atoms with van der Waals surface area (Å²) < 4.78 is 0. The SMILES string of the molecule is C=Cc1ccc(N(C)C(=C)c2cc3c(s2)-c2ccc(C(=C)NC)cc2CCC3)c(Cl)c1. The standard InChI is InChI=1S/C27H27ClN2S/c1-6-19-10-13-25(24(28)14-19)30(5)18(3)26-16-22-9-7-8-21-15-20(17(2)29-4)11-12-23(21)27(22)31-26/h6,10-16,29H,1-3,7-9H2,4-5H3. The van der Waals surface area contributed by atoms with Crippen LogP contribution < -0.4 is 10.2 Å². The van der Waals surface area contributed by atoms with Crippen LogP contribution in [0.5, 0.6) is 0 Å². The molecule has 4 heteroatoms. The van der Waals surface area contributed by atoms with Crippen LogP contribution in [0.2, 0.25) is 5.02 Å². The zero-order valence-electron chi connectivity index (χ0n) is 18.1. The van der Waals surface area contributed by atoms with E-state index in [1.807, 2.05) is 43.6 Å². The van der Waals surface area contributed by atoms with Gasteiger partial charge in [-0.15, -0.1) is 11.3 Å². The molecule has 158 valence electrons. The minimum atomic E-state index is 0.696. The minimum absolute atomic E-state index is 0.696. The van der Waals surface area contributed by atoms with E-state index in [1.54, 1.807) is 6.08 Å². The van der Waals surface area contributed by atoms with E-state index in [4.69, 9.17) is 11.6 Å². The Balaban J connectivity index is 1.69. The lowest BCUT2D eigenvalue weighted by molar-refractivity contribution is 0.835. The van der Waals surface area contributed by atoms with E-state index >= 15 is 0 Å². The second kappa shape index (κ2) is 8.78. The molecule has 1 aliphatic rings. The molecule has 2 aromatic carbocycles. The number of fused-ring (bicyclic) bond motifs is 3. The van der Waals surface area contributed by atoms with Crippen molar-refractivity contribution < 1.29 is 0 Å². The first-order valence-electron chi connectivity index (χ1n) is 10.4. The Kier molecular flexibility index (Phi) is 6.08. The molecule has 1 heterocycles. The summed E-state index contributed by atoms with van der Waals surface area (Å²) in [5.41, 5.74) is 9.14. The first kappa shape index (κ1) is 21.5. The van der Waals surface area contributed by atoms with Crippen molar-refractivity contribution in [2.24, 2.45) is 0 Å². The third-order valence-electron chi connectivity index (χ3n) is 5.96. The fraction of sp³-hybridized carbons (Fsp3) is 0.185. The molecule has 0 fully saturated rings. The number of nitrogens with one attached hydrogen (secondary N) is 1. The number of aryl methyl sites for hydroxylation is 2. The molecule has 1 aromatic heterocycles. The second-order valence-electron chi connectivity index (χ2n) is 7.84. The minimum Gasteiger partial charge on any atom is -0.388 e. The zero-order chi connectivity index (χ0) is 22.1. The largest absolute Gasteiger partial charge is 0.388 e. The summed E-state index contributed by atoms with van der Waals surface area (Å²) >= 11 is 8.35. The molecule has 0 amide bonds. The van der Waals surface area contributed by atoms with Gasteiger partial charge in [0.25, 0.3) is 0 Å². The summed E-state index contributed by atoms with van der Waals surface area (Å²) in [5.74, 6) is 0. The fourth-order valence-corrected chi connectivity index (χ4v) is 5.63. The molecular weight excluding hydrogens is 420 g/mol. The van der Waals surface area contributed by atoms with Gasteiger partial charge in [-0.05, 0) is 71.3 Å². The normalized spacial score (nSPS) is 12.4. The maximum Gasteiger partial charge on any atom is 0.0648 e. The van der Waals surface area contributed by atoms with Gasteiger partial charge in [-0.1, -0.05) is 55.6 Å². The molecular formula is C27H27ClN2S. The van der Waals surface area contributed by atoms with Crippen molar-refractivity contribution in [1.29, 1.82) is 0 Å². The van der Waals surface area contributed by atoms with Gasteiger partial charge in [0.2, 0.25) is 0 Å². The van der Waals surface area contributed by atoms with Gasteiger partial charge in [0.1, 0.15) is 0 Å². The second-order valence-corrected chi connectivity index (χ2v) is 9.30. The van der Waals surface area contributed by atoms with Crippen molar-refractivity contribution >= 4 is 46.1 Å². The van der Waals surface area contributed by atoms with E-state index in [1.165, 1.54) is 26.4 Å². The predicted octanol–water partition coefficient (Wildman–Crippen LogP) is 7.50. The number of anilines is 1. The van der Waals surface area contributed by atoms with Crippen LogP contribution in [0.25, 0.3) is 27.9 Å². The Labute approximate surface area is 194 Å². The molecule has 0 radical (unpaired) electrons. The summed E-state index contributed by atoms with van der Waals surface area (Å²) in [4.78, 5) is 4.60. The average molecular weight is 447 g/mol. The number of benzene rings is 2. The zero-order valence-corrected chi connectivity index (χ0v) is 19.7. The number of nitrogens with zero attached hydrogens (tertiary/aromatic N) is 1. The van der Waals surface area contributed by atoms with Crippen LogP contribution in [0.4, 0.5) is 5.69 Å². The highest BCUT2D eigenvalue weighted by Gasteiger charge is 2.21. The molecule has 0 saturated carbocycles. The maximum atomic E-state index is 6.54. The topological polar surface area (TPSA) is 15.3 Å². The van der Waals surface area contributed by atoms with Crippen LogP contribution >= 0.6 is 22.9 Å². The van der Waals surface area contributed by atoms with E-state index in [0.29, 0.717) is 5.02 Å². The van der Waals surface area contributed by atoms with Gasteiger partial charge in [0.15, 0.2) is 0 Å². The van der Waals surface area contributed by atoms with Crippen molar-refractivity contribution in [2.75, 3.05) is 19.0 Å². The van der Waals surface area contributed by atoms with Crippen molar-refractivity contribution in [3.8, 4) is 10.4 Å². The van der Waals surface area contributed by atoms with Crippen LogP contribution in [-0.4, -0.2) is 14.1 Å². The highest BCUT2D eigenvalue weighted by atomic mass is 35.5. The number of thiophene rings is 1.